The number of hydrogen-bond acceptors (Lipinski definition) is 4. The molecule has 3 nitrogen and oxygen atoms in total. The first kappa shape index (κ1) is 16.4. The molecule has 0 fully saturated rings. The van der Waals surface area contributed by atoms with Crippen LogP contribution in [0.3, 0.4) is 0 Å². The van der Waals surface area contributed by atoms with Crippen LogP contribution in [-0.4, -0.2) is 21.2 Å². The number of benzene rings is 1. The second-order valence-electron chi connectivity index (χ2n) is 5.95. The van der Waals surface area contributed by atoms with E-state index in [2.05, 4.69) is 5.32 Å². The van der Waals surface area contributed by atoms with E-state index in [-0.39, 0.29) is 11.8 Å². The lowest BCUT2D eigenvalue weighted by atomic mass is 9.88. The van der Waals surface area contributed by atoms with Gasteiger partial charge in [0, 0.05) is 11.1 Å². The highest BCUT2D eigenvalue weighted by atomic mass is 35.5. The molecule has 0 unspecified atom stereocenters. The Hall–Kier alpha value is -0.970. The Labute approximate surface area is 134 Å². The summed E-state index contributed by atoms with van der Waals surface area (Å²) in [7, 11) is 0. The van der Waals surface area contributed by atoms with Crippen LogP contribution in [0.5, 0.6) is 0 Å². The van der Waals surface area contributed by atoms with Gasteiger partial charge in [0.2, 0.25) is 0 Å². The molecule has 0 bridgehead atoms. The van der Waals surface area contributed by atoms with Crippen LogP contribution in [0.2, 0.25) is 5.02 Å². The number of rotatable bonds is 4. The molecule has 0 aromatic heterocycles. The molecule has 0 amide bonds. The van der Waals surface area contributed by atoms with E-state index in [0.29, 0.717) is 5.02 Å². The van der Waals surface area contributed by atoms with Crippen LogP contribution < -0.4 is 5.32 Å². The second kappa shape index (κ2) is 5.67. The Bertz CT molecular complexity index is 594. The number of halogens is 1. The fraction of sp³-hybridized carbons (Fsp3) is 0.438. The molecule has 1 aromatic carbocycles. The van der Waals surface area contributed by atoms with Gasteiger partial charge in [-0.05, 0) is 39.3 Å². The maximum Gasteiger partial charge on any atom is 0.177 e. The summed E-state index contributed by atoms with van der Waals surface area (Å²) in [6.07, 6.45) is 1.57. The van der Waals surface area contributed by atoms with Gasteiger partial charge in [0.15, 0.2) is 5.78 Å². The zero-order valence-corrected chi connectivity index (χ0v) is 14.2. The average molecular weight is 326 g/mol. The fourth-order valence-corrected chi connectivity index (χ4v) is 3.72. The highest BCUT2D eigenvalue weighted by Gasteiger charge is 2.50. The van der Waals surface area contributed by atoms with Gasteiger partial charge >= 0.3 is 0 Å². The molecule has 5 heteroatoms. The highest BCUT2D eigenvalue weighted by Crippen LogP contribution is 2.45. The number of aliphatic hydroxyl groups is 1. The number of nitrogens with one attached hydrogen (secondary N) is 1. The van der Waals surface area contributed by atoms with E-state index in [1.165, 1.54) is 11.8 Å². The zero-order valence-electron chi connectivity index (χ0n) is 12.6. The number of hydrogen-bond donors (Lipinski definition) is 2. The largest absolute Gasteiger partial charge is 0.389 e. The predicted molar refractivity (Wildman–Crippen MR) is 88.4 cm³/mol. The molecular formula is C16H20ClNO2S. The van der Waals surface area contributed by atoms with Crippen LogP contribution in [0.15, 0.2) is 35.4 Å². The van der Waals surface area contributed by atoms with Gasteiger partial charge in [-0.1, -0.05) is 41.6 Å². The molecule has 0 saturated heterocycles. The van der Waals surface area contributed by atoms with E-state index in [1.807, 2.05) is 31.2 Å². The highest BCUT2D eigenvalue weighted by molar-refractivity contribution is 8.05. The van der Waals surface area contributed by atoms with Gasteiger partial charge in [0.25, 0.3) is 0 Å². The third-order valence-electron chi connectivity index (χ3n) is 3.94. The summed E-state index contributed by atoms with van der Waals surface area (Å²) in [5.74, 6) is -0.0751. The van der Waals surface area contributed by atoms with Crippen molar-refractivity contribution in [2.75, 3.05) is 0 Å². The Morgan fingerprint density at radius 2 is 2.00 bits per heavy atom. The minimum absolute atomic E-state index is 0.0191. The molecule has 21 heavy (non-hydrogen) atoms. The van der Waals surface area contributed by atoms with E-state index in [0.717, 1.165) is 10.6 Å². The van der Waals surface area contributed by atoms with E-state index in [9.17, 15) is 9.90 Å². The van der Waals surface area contributed by atoms with E-state index in [4.69, 9.17) is 11.6 Å². The lowest BCUT2D eigenvalue weighted by molar-refractivity contribution is -0.121. The maximum absolute atomic E-state index is 12.2. The summed E-state index contributed by atoms with van der Waals surface area (Å²) >= 11 is 7.55. The van der Waals surface area contributed by atoms with E-state index >= 15 is 0 Å². The second-order valence-corrected chi connectivity index (χ2v) is 7.82. The topological polar surface area (TPSA) is 49.3 Å². The Kier molecular flexibility index (Phi) is 4.43. The van der Waals surface area contributed by atoms with Crippen LogP contribution >= 0.6 is 23.4 Å². The van der Waals surface area contributed by atoms with Gasteiger partial charge < -0.3 is 10.4 Å². The summed E-state index contributed by atoms with van der Waals surface area (Å²) in [6, 6.07) is 7.60. The van der Waals surface area contributed by atoms with Crippen LogP contribution in [0.1, 0.15) is 39.3 Å². The third-order valence-corrected chi connectivity index (χ3v) is 5.85. The summed E-state index contributed by atoms with van der Waals surface area (Å²) in [5.41, 5.74) is -0.118. The normalized spacial score (nSPS) is 23.9. The van der Waals surface area contributed by atoms with Crippen LogP contribution in [0.4, 0.5) is 0 Å². The molecule has 1 heterocycles. The Balaban J connectivity index is 2.14. The molecule has 2 atom stereocenters. The van der Waals surface area contributed by atoms with Crippen molar-refractivity contribution in [3.8, 4) is 0 Å². The van der Waals surface area contributed by atoms with Crippen molar-refractivity contribution < 1.29 is 9.90 Å². The zero-order chi connectivity index (χ0) is 15.8. The number of ketones is 1. The summed E-state index contributed by atoms with van der Waals surface area (Å²) in [6.45, 7) is 7.08. The lowest BCUT2D eigenvalue weighted by Gasteiger charge is -2.34. The number of carbonyl (C=O) groups is 1. The average Bonchev–Trinajstić information content (AvgIpc) is 2.65. The SMILES string of the molecule is C[C@H](NC1=CC(=O)[C@@](C)(C(C)(C)O)S1)c1ccccc1Cl. The first-order valence-corrected chi connectivity index (χ1v) is 8.03. The minimum atomic E-state index is -1.09. The summed E-state index contributed by atoms with van der Waals surface area (Å²) in [4.78, 5) is 12.2. The Morgan fingerprint density at radius 1 is 1.38 bits per heavy atom. The first-order valence-electron chi connectivity index (χ1n) is 6.83. The number of thioether (sulfide) groups is 1. The van der Waals surface area contributed by atoms with Crippen molar-refractivity contribution in [2.24, 2.45) is 0 Å². The lowest BCUT2D eigenvalue weighted by Crippen LogP contribution is -2.48. The van der Waals surface area contributed by atoms with Crippen molar-refractivity contribution in [2.45, 2.75) is 44.1 Å². The maximum atomic E-state index is 12.2. The van der Waals surface area contributed by atoms with Crippen molar-refractivity contribution in [1.29, 1.82) is 0 Å². The van der Waals surface area contributed by atoms with Crippen LogP contribution in [-0.2, 0) is 4.79 Å². The molecule has 2 N–H and O–H groups in total. The van der Waals surface area contributed by atoms with Gasteiger partial charge in [-0.25, -0.2) is 0 Å². The van der Waals surface area contributed by atoms with Crippen LogP contribution in [0.25, 0.3) is 0 Å². The van der Waals surface area contributed by atoms with Gasteiger partial charge in [0.1, 0.15) is 4.75 Å². The molecule has 0 saturated carbocycles. The molecule has 0 aliphatic carbocycles. The summed E-state index contributed by atoms with van der Waals surface area (Å²) < 4.78 is -0.866. The van der Waals surface area contributed by atoms with Gasteiger partial charge in [0.05, 0.1) is 16.7 Å². The standard InChI is InChI=1S/C16H20ClNO2S/c1-10(11-7-5-6-8-12(11)17)18-14-9-13(19)16(4,21-14)15(2,3)20/h5-10,18,20H,1-4H3/t10-,16-/m0/s1. The van der Waals surface area contributed by atoms with E-state index in [1.54, 1.807) is 26.8 Å². The molecular weight excluding hydrogens is 306 g/mol. The molecule has 114 valence electrons. The van der Waals surface area contributed by atoms with Gasteiger partial charge in [-0.3, -0.25) is 4.79 Å². The fourth-order valence-electron chi connectivity index (χ4n) is 2.17. The Morgan fingerprint density at radius 3 is 2.52 bits per heavy atom. The van der Waals surface area contributed by atoms with E-state index < -0.39 is 10.3 Å². The number of allylic oxidation sites excluding steroid dienone is 1. The molecule has 0 radical (unpaired) electrons. The van der Waals surface area contributed by atoms with Crippen molar-refractivity contribution >= 4 is 29.1 Å². The number of carbonyl (C=O) groups excluding carboxylic acids is 1. The third kappa shape index (κ3) is 3.12. The van der Waals surface area contributed by atoms with Crippen molar-refractivity contribution in [3.05, 3.63) is 46.0 Å². The molecule has 2 rings (SSSR count). The molecule has 1 aliphatic rings. The quantitative estimate of drug-likeness (QED) is 0.886. The summed E-state index contributed by atoms with van der Waals surface area (Å²) in [5, 5.41) is 15.0. The molecule has 0 spiro atoms. The van der Waals surface area contributed by atoms with Gasteiger partial charge in [-0.2, -0.15) is 0 Å². The van der Waals surface area contributed by atoms with Crippen LogP contribution in [0, 0.1) is 0 Å². The molecule has 1 aromatic rings. The molecule has 1 aliphatic heterocycles. The van der Waals surface area contributed by atoms with Gasteiger partial charge in [-0.15, -0.1) is 0 Å². The van der Waals surface area contributed by atoms with Crippen molar-refractivity contribution in [3.63, 3.8) is 0 Å². The van der Waals surface area contributed by atoms with Crippen molar-refractivity contribution in [1.82, 2.24) is 5.32 Å². The smallest absolute Gasteiger partial charge is 0.177 e. The monoisotopic (exact) mass is 325 g/mol. The first-order chi connectivity index (χ1) is 9.65. The minimum Gasteiger partial charge on any atom is -0.389 e. The predicted octanol–water partition coefficient (Wildman–Crippen LogP) is 3.68.